The second kappa shape index (κ2) is 9.61. The van der Waals surface area contributed by atoms with Gasteiger partial charge in [0.05, 0.1) is 5.69 Å². The minimum Gasteiger partial charge on any atom is -0.349 e. The molecule has 0 aliphatic carbocycles. The second-order valence-corrected chi connectivity index (χ2v) is 7.93. The van der Waals surface area contributed by atoms with E-state index in [9.17, 15) is 9.59 Å². The number of hydrogen-bond donors (Lipinski definition) is 2. The number of amides is 3. The number of nitrogens with zero attached hydrogens (tertiary/aromatic N) is 5. The first-order chi connectivity index (χ1) is 15.1. The van der Waals surface area contributed by atoms with Crippen molar-refractivity contribution >= 4 is 29.4 Å². The fourth-order valence-corrected chi connectivity index (χ4v) is 3.90. The minimum absolute atomic E-state index is 0.0601. The molecule has 2 N–H and O–H groups in total. The largest absolute Gasteiger partial charge is 0.349 e. The smallest absolute Gasteiger partial charge is 0.321 e. The van der Waals surface area contributed by atoms with Crippen LogP contribution in [-0.4, -0.2) is 62.4 Å². The van der Waals surface area contributed by atoms with Crippen LogP contribution in [0.1, 0.15) is 23.2 Å². The zero-order valence-corrected chi connectivity index (χ0v) is 17.9. The molecule has 2 aromatic carbocycles. The Hall–Kier alpha value is -3.40. The van der Waals surface area contributed by atoms with Crippen molar-refractivity contribution in [1.82, 2.24) is 30.4 Å². The highest BCUT2D eigenvalue weighted by molar-refractivity contribution is 7.98. The highest BCUT2D eigenvalue weighted by Gasteiger charge is 2.24. The summed E-state index contributed by atoms with van der Waals surface area (Å²) in [5.41, 5.74) is 2.09. The molecule has 1 aromatic heterocycles. The molecule has 3 aromatic rings. The topological polar surface area (TPSA) is 105 Å². The quantitative estimate of drug-likeness (QED) is 0.595. The van der Waals surface area contributed by atoms with Crippen LogP contribution in [0.25, 0.3) is 5.69 Å². The summed E-state index contributed by atoms with van der Waals surface area (Å²) in [5.74, 6) is -0.0764. The highest BCUT2D eigenvalue weighted by Crippen LogP contribution is 2.20. The van der Waals surface area contributed by atoms with Crippen molar-refractivity contribution < 1.29 is 9.59 Å². The zero-order valence-electron chi connectivity index (χ0n) is 17.1. The molecule has 0 unspecified atom stereocenters. The van der Waals surface area contributed by atoms with Gasteiger partial charge >= 0.3 is 6.03 Å². The number of piperidine rings is 1. The number of benzene rings is 2. The number of urea groups is 1. The Bertz CT molecular complexity index is 1050. The van der Waals surface area contributed by atoms with E-state index in [2.05, 4.69) is 26.2 Å². The predicted octanol–water partition coefficient (Wildman–Crippen LogP) is 2.81. The lowest BCUT2D eigenvalue weighted by molar-refractivity contribution is 0.0919. The van der Waals surface area contributed by atoms with Crippen LogP contribution in [0, 0.1) is 0 Å². The SMILES string of the molecule is CSc1nnnn1-c1cccc(NC(=O)N2CCC(NC(=O)c3ccccc3)CC2)c1. The van der Waals surface area contributed by atoms with Crippen LogP contribution in [0.15, 0.2) is 59.8 Å². The summed E-state index contributed by atoms with van der Waals surface area (Å²) in [6.45, 7) is 1.16. The van der Waals surface area contributed by atoms with E-state index in [1.807, 2.05) is 48.7 Å². The fraction of sp³-hybridized carbons (Fsp3) is 0.286. The summed E-state index contributed by atoms with van der Waals surface area (Å²) in [5, 5.41) is 18.3. The number of carbonyl (C=O) groups excluding carboxylic acids is 2. The molecular formula is C21H23N7O2S. The second-order valence-electron chi connectivity index (χ2n) is 7.16. The van der Waals surface area contributed by atoms with Gasteiger partial charge in [-0.15, -0.1) is 5.10 Å². The van der Waals surface area contributed by atoms with Gasteiger partial charge in [-0.25, -0.2) is 4.79 Å². The molecule has 31 heavy (non-hydrogen) atoms. The van der Waals surface area contributed by atoms with Crippen molar-refractivity contribution in [2.24, 2.45) is 0 Å². The van der Waals surface area contributed by atoms with Crippen LogP contribution in [-0.2, 0) is 0 Å². The van der Waals surface area contributed by atoms with E-state index in [-0.39, 0.29) is 18.0 Å². The first-order valence-electron chi connectivity index (χ1n) is 9.98. The molecule has 3 amide bonds. The standard InChI is InChI=1S/C21H23N7O2S/c1-31-21-24-25-26-28(21)18-9-5-8-17(14-18)23-20(30)27-12-10-16(11-13-27)22-19(29)15-6-3-2-4-7-15/h2-9,14,16H,10-13H2,1H3,(H,22,29)(H,23,30). The van der Waals surface area contributed by atoms with E-state index in [1.165, 1.54) is 11.8 Å². The van der Waals surface area contributed by atoms with Crippen LogP contribution < -0.4 is 10.6 Å². The average molecular weight is 438 g/mol. The molecule has 0 spiro atoms. The Labute approximate surface area is 184 Å². The molecule has 0 saturated carbocycles. The number of anilines is 1. The van der Waals surface area contributed by atoms with Crippen LogP contribution in [0.3, 0.4) is 0 Å². The maximum Gasteiger partial charge on any atom is 0.321 e. The fourth-order valence-electron chi connectivity index (χ4n) is 3.47. The lowest BCUT2D eigenvalue weighted by atomic mass is 10.0. The molecule has 1 aliphatic heterocycles. The van der Waals surface area contributed by atoms with Crippen molar-refractivity contribution in [3.05, 3.63) is 60.2 Å². The number of rotatable bonds is 5. The number of likely N-dealkylation sites (tertiary alicyclic amines) is 1. The Morgan fingerprint density at radius 3 is 2.58 bits per heavy atom. The molecule has 10 heteroatoms. The van der Waals surface area contributed by atoms with Gasteiger partial charge in [0.1, 0.15) is 0 Å². The van der Waals surface area contributed by atoms with E-state index < -0.39 is 0 Å². The maximum atomic E-state index is 12.7. The molecule has 0 radical (unpaired) electrons. The normalized spacial score (nSPS) is 14.3. The van der Waals surface area contributed by atoms with Gasteiger partial charge in [0, 0.05) is 30.4 Å². The number of tetrazole rings is 1. The third-order valence-corrected chi connectivity index (χ3v) is 5.74. The number of aromatic nitrogens is 4. The van der Waals surface area contributed by atoms with Gasteiger partial charge in [-0.3, -0.25) is 4.79 Å². The van der Waals surface area contributed by atoms with Gasteiger partial charge in [-0.1, -0.05) is 36.0 Å². The van der Waals surface area contributed by atoms with Crippen molar-refractivity contribution in [2.45, 2.75) is 24.0 Å². The minimum atomic E-state index is -0.160. The van der Waals surface area contributed by atoms with Crippen molar-refractivity contribution in [3.63, 3.8) is 0 Å². The van der Waals surface area contributed by atoms with E-state index >= 15 is 0 Å². The van der Waals surface area contributed by atoms with Crippen molar-refractivity contribution in [3.8, 4) is 5.69 Å². The lowest BCUT2D eigenvalue weighted by Crippen LogP contribution is -2.47. The summed E-state index contributed by atoms with van der Waals surface area (Å²) in [4.78, 5) is 26.8. The van der Waals surface area contributed by atoms with Gasteiger partial charge in [0.15, 0.2) is 0 Å². The first-order valence-corrected chi connectivity index (χ1v) is 11.2. The van der Waals surface area contributed by atoms with E-state index in [1.54, 1.807) is 21.7 Å². The molecular weight excluding hydrogens is 414 g/mol. The third-order valence-electron chi connectivity index (χ3n) is 5.12. The maximum absolute atomic E-state index is 12.7. The van der Waals surface area contributed by atoms with Crippen molar-refractivity contribution in [2.75, 3.05) is 24.7 Å². The average Bonchev–Trinajstić information content (AvgIpc) is 3.29. The summed E-state index contributed by atoms with van der Waals surface area (Å²) < 4.78 is 1.63. The first kappa shape index (κ1) is 20.9. The van der Waals surface area contributed by atoms with Crippen LogP contribution >= 0.6 is 11.8 Å². The monoisotopic (exact) mass is 437 g/mol. The summed E-state index contributed by atoms with van der Waals surface area (Å²) >= 11 is 1.44. The van der Waals surface area contributed by atoms with E-state index in [0.717, 1.165) is 5.69 Å². The van der Waals surface area contributed by atoms with Crippen LogP contribution in [0.4, 0.5) is 10.5 Å². The Morgan fingerprint density at radius 2 is 1.84 bits per heavy atom. The highest BCUT2D eigenvalue weighted by atomic mass is 32.2. The number of thioether (sulfide) groups is 1. The molecule has 1 saturated heterocycles. The molecule has 1 aliphatic rings. The molecule has 1 fully saturated rings. The summed E-state index contributed by atoms with van der Waals surface area (Å²) in [6, 6.07) is 16.5. The Morgan fingerprint density at radius 1 is 1.06 bits per heavy atom. The van der Waals surface area contributed by atoms with Crippen molar-refractivity contribution in [1.29, 1.82) is 0 Å². The molecule has 4 rings (SSSR count). The van der Waals surface area contributed by atoms with Crippen LogP contribution in [0.5, 0.6) is 0 Å². The summed E-state index contributed by atoms with van der Waals surface area (Å²) in [6.07, 6.45) is 3.33. The van der Waals surface area contributed by atoms with E-state index in [0.29, 0.717) is 42.3 Å². The van der Waals surface area contributed by atoms with Gasteiger partial charge in [-0.05, 0) is 59.9 Å². The number of nitrogens with one attached hydrogen (secondary N) is 2. The Balaban J connectivity index is 1.31. The van der Waals surface area contributed by atoms with Gasteiger partial charge in [0.25, 0.3) is 5.91 Å². The molecule has 0 bridgehead atoms. The number of hydrogen-bond acceptors (Lipinski definition) is 6. The number of carbonyl (C=O) groups is 2. The van der Waals surface area contributed by atoms with Gasteiger partial charge < -0.3 is 15.5 Å². The molecule has 0 atom stereocenters. The summed E-state index contributed by atoms with van der Waals surface area (Å²) in [7, 11) is 0. The molecule has 160 valence electrons. The lowest BCUT2D eigenvalue weighted by Gasteiger charge is -2.32. The van der Waals surface area contributed by atoms with Crippen LogP contribution in [0.2, 0.25) is 0 Å². The third kappa shape index (κ3) is 5.02. The predicted molar refractivity (Wildman–Crippen MR) is 118 cm³/mol. The molecule has 2 heterocycles. The zero-order chi connectivity index (χ0) is 21.6. The van der Waals surface area contributed by atoms with E-state index in [4.69, 9.17) is 0 Å². The molecule has 9 nitrogen and oxygen atoms in total. The Kier molecular flexibility index (Phi) is 6.46. The van der Waals surface area contributed by atoms with Gasteiger partial charge in [-0.2, -0.15) is 4.68 Å². The van der Waals surface area contributed by atoms with Gasteiger partial charge in [0.2, 0.25) is 5.16 Å².